The zero-order chi connectivity index (χ0) is 20.0. The molecule has 5 rings (SSSR count). The van der Waals surface area contributed by atoms with Gasteiger partial charge in [-0.1, -0.05) is 24.3 Å². The van der Waals surface area contributed by atoms with Crippen LogP contribution in [0.4, 0.5) is 4.39 Å². The predicted octanol–water partition coefficient (Wildman–Crippen LogP) is 4.10. The number of halogens is 1. The number of hydrogen-bond acceptors (Lipinski definition) is 5. The Kier molecular flexibility index (Phi) is 4.52. The van der Waals surface area contributed by atoms with E-state index in [1.165, 1.54) is 29.1 Å². The Bertz CT molecular complexity index is 1060. The van der Waals surface area contributed by atoms with Crippen molar-refractivity contribution < 1.29 is 13.9 Å². The van der Waals surface area contributed by atoms with Crippen molar-refractivity contribution in [1.82, 2.24) is 9.88 Å². The maximum absolute atomic E-state index is 14.0. The molecule has 0 atom stereocenters. The van der Waals surface area contributed by atoms with Gasteiger partial charge in [-0.2, -0.15) is 9.38 Å². The van der Waals surface area contributed by atoms with Gasteiger partial charge >= 0.3 is 0 Å². The molecular formula is C22H20FN3O2S. The van der Waals surface area contributed by atoms with Crippen LogP contribution in [0.5, 0.6) is 0 Å². The smallest absolute Gasteiger partial charge is 0.286 e. The zero-order valence-electron chi connectivity index (χ0n) is 16.0. The second-order valence-corrected chi connectivity index (χ2v) is 8.50. The van der Waals surface area contributed by atoms with E-state index in [1.807, 2.05) is 6.07 Å². The van der Waals surface area contributed by atoms with Crippen LogP contribution in [0, 0.1) is 5.95 Å². The molecule has 0 aliphatic carbocycles. The largest absolute Gasteiger partial charge is 0.365 e. The lowest BCUT2D eigenvalue weighted by Crippen LogP contribution is -2.44. The first-order valence-corrected chi connectivity index (χ1v) is 10.5. The normalized spacial score (nSPS) is 22.1. The molecule has 0 saturated carbocycles. The molecule has 4 heterocycles. The number of amidine groups is 1. The van der Waals surface area contributed by atoms with Gasteiger partial charge in [0.05, 0.1) is 17.1 Å². The van der Waals surface area contributed by atoms with Crippen LogP contribution in [0.3, 0.4) is 0 Å². The third kappa shape index (κ3) is 3.09. The van der Waals surface area contributed by atoms with Crippen molar-refractivity contribution >= 4 is 28.4 Å². The summed E-state index contributed by atoms with van der Waals surface area (Å²) in [7, 11) is 0. The summed E-state index contributed by atoms with van der Waals surface area (Å²) >= 11 is 1.32. The average molecular weight is 409 g/mol. The van der Waals surface area contributed by atoms with Crippen LogP contribution in [0.15, 0.2) is 52.5 Å². The fourth-order valence-electron chi connectivity index (χ4n) is 4.31. The van der Waals surface area contributed by atoms with Gasteiger partial charge in [0.25, 0.3) is 5.91 Å². The molecule has 0 N–H and O–H groups in total. The number of ether oxygens (including phenoxy) is 1. The molecule has 1 spiro atoms. The number of carbonyl (C=O) groups is 1. The van der Waals surface area contributed by atoms with E-state index in [4.69, 9.17) is 4.74 Å². The van der Waals surface area contributed by atoms with Crippen LogP contribution in [0.25, 0.3) is 5.57 Å². The number of benzene rings is 1. The number of hydrogen-bond donors (Lipinski definition) is 0. The monoisotopic (exact) mass is 409 g/mol. The van der Waals surface area contributed by atoms with E-state index in [9.17, 15) is 9.18 Å². The molecule has 29 heavy (non-hydrogen) atoms. The molecule has 0 unspecified atom stereocenters. The van der Waals surface area contributed by atoms with Crippen molar-refractivity contribution in [2.45, 2.75) is 32.0 Å². The molecule has 1 saturated heterocycles. The highest BCUT2D eigenvalue weighted by molar-refractivity contribution is 8.18. The molecule has 0 radical (unpaired) electrons. The van der Waals surface area contributed by atoms with Gasteiger partial charge in [-0.15, -0.1) is 0 Å². The van der Waals surface area contributed by atoms with Crippen molar-refractivity contribution in [2.24, 2.45) is 4.99 Å². The van der Waals surface area contributed by atoms with Crippen LogP contribution < -0.4 is 0 Å². The van der Waals surface area contributed by atoms with E-state index in [2.05, 4.69) is 33.1 Å². The Hall–Kier alpha value is -2.51. The number of allylic oxidation sites excluding steroid dienone is 1. The summed E-state index contributed by atoms with van der Waals surface area (Å²) in [4.78, 5) is 23.0. The molecule has 5 nitrogen and oxygen atoms in total. The minimum Gasteiger partial charge on any atom is -0.365 e. The molecule has 0 bridgehead atoms. The van der Waals surface area contributed by atoms with Gasteiger partial charge in [0.15, 0.2) is 5.17 Å². The fraction of sp³-hybridized carbons (Fsp3) is 0.318. The number of pyridine rings is 1. The topological polar surface area (TPSA) is 54.8 Å². The third-order valence-corrected chi connectivity index (χ3v) is 7.16. The second-order valence-electron chi connectivity index (χ2n) is 7.52. The number of amides is 1. The van der Waals surface area contributed by atoms with E-state index in [1.54, 1.807) is 19.1 Å². The Labute approximate surface area is 172 Å². The summed E-state index contributed by atoms with van der Waals surface area (Å²) < 4.78 is 20.3. The molecule has 1 aromatic heterocycles. The quantitative estimate of drug-likeness (QED) is 0.524. The van der Waals surface area contributed by atoms with Crippen molar-refractivity contribution in [1.29, 1.82) is 0 Å². The van der Waals surface area contributed by atoms with E-state index in [-0.39, 0.29) is 11.5 Å². The first-order valence-electron chi connectivity index (χ1n) is 9.67. The number of fused-ring (bicyclic) bond motifs is 2. The number of rotatable bonds is 1. The van der Waals surface area contributed by atoms with Crippen LogP contribution in [0.2, 0.25) is 0 Å². The maximum Gasteiger partial charge on any atom is 0.286 e. The van der Waals surface area contributed by atoms with Crippen LogP contribution >= 0.6 is 11.8 Å². The third-order valence-electron chi connectivity index (χ3n) is 5.94. The van der Waals surface area contributed by atoms with Gasteiger partial charge < -0.3 is 9.64 Å². The number of nitrogens with zero attached hydrogens (tertiary/aromatic N) is 3. The van der Waals surface area contributed by atoms with Gasteiger partial charge in [-0.25, -0.2) is 4.98 Å². The SMILES string of the molecule is C/C(=C1/SC(N2CCC3(CC2)OCc2ccccc23)=NC1=O)c1cccnc1F. The minimum atomic E-state index is -0.573. The van der Waals surface area contributed by atoms with Gasteiger partial charge in [0.1, 0.15) is 0 Å². The maximum atomic E-state index is 14.0. The standard InChI is InChI=1S/C22H20FN3O2S/c1-14(16-6-4-10-24-19(16)23)18-20(27)25-21(29-18)26-11-8-22(9-12-26)17-7-3-2-5-15(17)13-28-22/h2-7,10H,8-9,11-13H2,1H3/b18-14-. The summed E-state index contributed by atoms with van der Waals surface area (Å²) in [6.07, 6.45) is 3.11. The Morgan fingerprint density at radius 1 is 1.21 bits per heavy atom. The van der Waals surface area contributed by atoms with E-state index in [0.717, 1.165) is 25.9 Å². The van der Waals surface area contributed by atoms with E-state index in [0.29, 0.717) is 27.8 Å². The number of carbonyl (C=O) groups excluding carboxylic acids is 1. The highest BCUT2D eigenvalue weighted by Gasteiger charge is 2.43. The van der Waals surface area contributed by atoms with Gasteiger partial charge in [0.2, 0.25) is 5.95 Å². The summed E-state index contributed by atoms with van der Waals surface area (Å²) in [5.74, 6) is -0.884. The molecule has 3 aliphatic heterocycles. The van der Waals surface area contributed by atoms with Crippen LogP contribution in [-0.4, -0.2) is 34.0 Å². The Morgan fingerprint density at radius 3 is 2.79 bits per heavy atom. The lowest BCUT2D eigenvalue weighted by atomic mass is 9.84. The van der Waals surface area contributed by atoms with E-state index >= 15 is 0 Å². The van der Waals surface area contributed by atoms with Crippen molar-refractivity contribution in [2.75, 3.05) is 13.1 Å². The molecule has 148 valence electrons. The second kappa shape index (κ2) is 7.07. The van der Waals surface area contributed by atoms with Crippen molar-refractivity contribution in [3.05, 3.63) is 70.1 Å². The van der Waals surface area contributed by atoms with Gasteiger partial charge in [0, 0.05) is 24.8 Å². The lowest BCUT2D eigenvalue weighted by molar-refractivity contribution is -0.113. The number of aromatic nitrogens is 1. The predicted molar refractivity (Wildman–Crippen MR) is 111 cm³/mol. The Morgan fingerprint density at radius 2 is 2.00 bits per heavy atom. The van der Waals surface area contributed by atoms with Crippen molar-refractivity contribution in [3.8, 4) is 0 Å². The highest BCUT2D eigenvalue weighted by atomic mass is 32.2. The number of aliphatic imine (C=N–C) groups is 1. The molecule has 3 aliphatic rings. The summed E-state index contributed by atoms with van der Waals surface area (Å²) in [6.45, 7) is 3.93. The van der Waals surface area contributed by atoms with Crippen molar-refractivity contribution in [3.63, 3.8) is 0 Å². The summed E-state index contributed by atoms with van der Waals surface area (Å²) in [5.41, 5.74) is 3.25. The summed E-state index contributed by atoms with van der Waals surface area (Å²) in [6, 6.07) is 11.7. The fourth-order valence-corrected chi connectivity index (χ4v) is 5.33. The molecule has 7 heteroatoms. The van der Waals surface area contributed by atoms with Gasteiger partial charge in [-0.3, -0.25) is 4.79 Å². The van der Waals surface area contributed by atoms with Gasteiger partial charge in [-0.05, 0) is 60.4 Å². The number of likely N-dealkylation sites (tertiary alicyclic amines) is 1. The Balaban J connectivity index is 1.33. The summed E-state index contributed by atoms with van der Waals surface area (Å²) in [5, 5.41) is 0.690. The minimum absolute atomic E-state index is 0.228. The van der Waals surface area contributed by atoms with Crippen LogP contribution in [0.1, 0.15) is 36.5 Å². The van der Waals surface area contributed by atoms with E-state index < -0.39 is 5.95 Å². The molecule has 1 amide bonds. The molecule has 1 fully saturated rings. The number of thioether (sulfide) groups is 1. The highest BCUT2D eigenvalue weighted by Crippen LogP contribution is 2.45. The molecule has 1 aromatic carbocycles. The molecule has 2 aromatic rings. The zero-order valence-corrected chi connectivity index (χ0v) is 16.8. The lowest BCUT2D eigenvalue weighted by Gasteiger charge is -2.39. The first kappa shape index (κ1) is 18.5. The van der Waals surface area contributed by atoms with Crippen LogP contribution in [-0.2, 0) is 21.7 Å². The number of piperidine rings is 1. The average Bonchev–Trinajstić information content (AvgIpc) is 3.30. The first-order chi connectivity index (χ1) is 14.1. The molecular weight excluding hydrogens is 389 g/mol.